The van der Waals surface area contributed by atoms with E-state index in [4.69, 9.17) is 9.84 Å². The Balaban J connectivity index is 1.48. The van der Waals surface area contributed by atoms with Crippen molar-refractivity contribution in [3.05, 3.63) is 69.9 Å². The lowest BCUT2D eigenvalue weighted by molar-refractivity contribution is -0.138. The molecule has 1 N–H and O–H groups in total. The van der Waals surface area contributed by atoms with E-state index in [-0.39, 0.29) is 30.9 Å². The molecule has 0 unspecified atom stereocenters. The monoisotopic (exact) mass is 475 g/mol. The number of fused-ring (bicyclic) bond motifs is 1. The summed E-state index contributed by atoms with van der Waals surface area (Å²) in [5.74, 6) is -0.780. The van der Waals surface area contributed by atoms with E-state index in [1.807, 2.05) is 0 Å². The summed E-state index contributed by atoms with van der Waals surface area (Å²) in [7, 11) is 0. The van der Waals surface area contributed by atoms with Gasteiger partial charge in [0.05, 0.1) is 6.42 Å². The van der Waals surface area contributed by atoms with Crippen LogP contribution in [0.2, 0.25) is 0 Å². The molecule has 5 nitrogen and oxygen atoms in total. The summed E-state index contributed by atoms with van der Waals surface area (Å²) in [6, 6.07) is 15.1. The maximum absolute atomic E-state index is 13.6. The van der Waals surface area contributed by atoms with Gasteiger partial charge in [-0.2, -0.15) is 13.2 Å². The Morgan fingerprint density at radius 3 is 2.52 bits per heavy atom. The van der Waals surface area contributed by atoms with Crippen LogP contribution < -0.4 is 9.64 Å². The minimum absolute atomic E-state index is 0.0133. The number of carbonyl (C=O) groups is 2. The number of carbonyl (C=O) groups excluding carboxylic acids is 1. The second kappa shape index (κ2) is 9.27. The van der Waals surface area contributed by atoms with Crippen LogP contribution in [0.1, 0.15) is 28.2 Å². The number of carboxylic acids is 1. The minimum Gasteiger partial charge on any atom is -0.488 e. The van der Waals surface area contributed by atoms with Gasteiger partial charge in [-0.1, -0.05) is 30.3 Å². The highest BCUT2D eigenvalue weighted by Crippen LogP contribution is 2.43. The molecule has 1 aliphatic heterocycles. The molecular formula is C24H20F3NO4S. The standard InChI is InChI=1S/C24H20F3NO4S/c25-24(26,27)23-19(15-4-2-1-3-5-15)13-18(33-23)14-32-17-6-7-20-16(12-17)10-11-28(20)21(29)8-9-22(30)31/h1-7,12-13H,8-11,14H2,(H,30,31). The predicted molar refractivity (Wildman–Crippen MR) is 118 cm³/mol. The van der Waals surface area contributed by atoms with Gasteiger partial charge in [-0.15, -0.1) is 11.3 Å². The van der Waals surface area contributed by atoms with Gasteiger partial charge in [0.2, 0.25) is 5.91 Å². The fourth-order valence-electron chi connectivity index (χ4n) is 3.79. The van der Waals surface area contributed by atoms with Crippen LogP contribution in [0.15, 0.2) is 54.6 Å². The lowest BCUT2D eigenvalue weighted by Crippen LogP contribution is -2.29. The van der Waals surface area contributed by atoms with Crippen LogP contribution in [-0.4, -0.2) is 23.5 Å². The first kappa shape index (κ1) is 22.8. The number of rotatable bonds is 7. The Labute approximate surface area is 192 Å². The molecule has 3 aromatic rings. The molecule has 172 valence electrons. The van der Waals surface area contributed by atoms with Gasteiger partial charge in [-0.05, 0) is 41.8 Å². The number of nitrogens with zero attached hydrogens (tertiary/aromatic N) is 1. The SMILES string of the molecule is O=C(O)CCC(=O)N1CCc2cc(OCc3cc(-c4ccccc4)c(C(F)(F)F)s3)ccc21. The molecule has 0 atom stereocenters. The van der Waals surface area contributed by atoms with E-state index in [9.17, 15) is 22.8 Å². The molecule has 0 saturated carbocycles. The highest BCUT2D eigenvalue weighted by atomic mass is 32.1. The summed E-state index contributed by atoms with van der Waals surface area (Å²) < 4.78 is 46.5. The molecule has 2 heterocycles. The Bertz CT molecular complexity index is 1170. The molecule has 33 heavy (non-hydrogen) atoms. The molecule has 1 aliphatic rings. The summed E-state index contributed by atoms with van der Waals surface area (Å²) in [4.78, 5) is 24.3. The first-order valence-corrected chi connectivity index (χ1v) is 11.1. The van der Waals surface area contributed by atoms with Crippen molar-refractivity contribution in [1.29, 1.82) is 0 Å². The first-order valence-electron chi connectivity index (χ1n) is 10.3. The third-order valence-corrected chi connectivity index (χ3v) is 6.46. The number of hydrogen-bond acceptors (Lipinski definition) is 4. The zero-order chi connectivity index (χ0) is 23.6. The number of hydrogen-bond donors (Lipinski definition) is 1. The van der Waals surface area contributed by atoms with E-state index >= 15 is 0 Å². The molecule has 0 fully saturated rings. The van der Waals surface area contributed by atoms with E-state index < -0.39 is 17.0 Å². The molecule has 0 saturated heterocycles. The molecule has 0 aliphatic carbocycles. The van der Waals surface area contributed by atoms with Crippen LogP contribution in [0, 0.1) is 0 Å². The van der Waals surface area contributed by atoms with Gasteiger partial charge >= 0.3 is 12.1 Å². The normalized spacial score (nSPS) is 13.1. The fraction of sp³-hybridized carbons (Fsp3) is 0.250. The van der Waals surface area contributed by atoms with Crippen molar-refractivity contribution in [2.45, 2.75) is 32.0 Å². The van der Waals surface area contributed by atoms with Crippen molar-refractivity contribution >= 4 is 28.9 Å². The van der Waals surface area contributed by atoms with Crippen LogP contribution >= 0.6 is 11.3 Å². The van der Waals surface area contributed by atoms with E-state index in [1.165, 1.54) is 6.07 Å². The van der Waals surface area contributed by atoms with Crippen LogP contribution in [0.4, 0.5) is 18.9 Å². The summed E-state index contributed by atoms with van der Waals surface area (Å²) in [6.07, 6.45) is -4.16. The Kier molecular flexibility index (Phi) is 6.42. The number of ether oxygens (including phenoxy) is 1. The van der Waals surface area contributed by atoms with Crippen molar-refractivity contribution in [2.24, 2.45) is 0 Å². The number of anilines is 1. The summed E-state index contributed by atoms with van der Waals surface area (Å²) in [5, 5.41) is 8.77. The zero-order valence-corrected chi connectivity index (χ0v) is 18.2. The Morgan fingerprint density at radius 2 is 1.82 bits per heavy atom. The van der Waals surface area contributed by atoms with E-state index in [0.717, 1.165) is 5.56 Å². The quantitative estimate of drug-likeness (QED) is 0.471. The van der Waals surface area contributed by atoms with Gasteiger partial charge in [-0.3, -0.25) is 9.59 Å². The van der Waals surface area contributed by atoms with Crippen molar-refractivity contribution < 1.29 is 32.6 Å². The van der Waals surface area contributed by atoms with Crippen LogP contribution in [0.25, 0.3) is 11.1 Å². The number of carboxylic acid groups (broad SMARTS) is 1. The zero-order valence-electron chi connectivity index (χ0n) is 17.4. The number of amides is 1. The lowest BCUT2D eigenvalue weighted by Gasteiger charge is -2.17. The lowest BCUT2D eigenvalue weighted by atomic mass is 10.1. The molecule has 4 rings (SSSR count). The molecule has 1 aromatic heterocycles. The Morgan fingerprint density at radius 1 is 1.06 bits per heavy atom. The van der Waals surface area contributed by atoms with Crippen LogP contribution in [0.5, 0.6) is 5.75 Å². The van der Waals surface area contributed by atoms with Gasteiger partial charge < -0.3 is 14.7 Å². The fourth-order valence-corrected chi connectivity index (χ4v) is 4.75. The van der Waals surface area contributed by atoms with Crippen LogP contribution in [-0.2, 0) is 28.8 Å². The van der Waals surface area contributed by atoms with Gasteiger partial charge in [0.25, 0.3) is 0 Å². The molecule has 0 spiro atoms. The van der Waals surface area contributed by atoms with Gasteiger partial charge in [0, 0.05) is 29.1 Å². The first-order chi connectivity index (χ1) is 15.7. The highest BCUT2D eigenvalue weighted by Gasteiger charge is 2.36. The maximum atomic E-state index is 13.6. The molecule has 1 amide bonds. The molecule has 0 bridgehead atoms. The number of benzene rings is 2. The molecular weight excluding hydrogens is 455 g/mol. The van der Waals surface area contributed by atoms with Gasteiger partial charge in [0.15, 0.2) is 0 Å². The van der Waals surface area contributed by atoms with Crippen LogP contribution in [0.3, 0.4) is 0 Å². The van der Waals surface area contributed by atoms with Crippen molar-refractivity contribution in [1.82, 2.24) is 0 Å². The third-order valence-electron chi connectivity index (χ3n) is 5.31. The molecule has 2 aromatic carbocycles. The van der Waals surface area contributed by atoms with Gasteiger partial charge in [-0.25, -0.2) is 0 Å². The summed E-state index contributed by atoms with van der Waals surface area (Å²) in [5.41, 5.74) is 2.22. The second-order valence-electron chi connectivity index (χ2n) is 7.59. The van der Waals surface area contributed by atoms with Crippen molar-refractivity contribution in [3.8, 4) is 16.9 Å². The number of halogens is 3. The second-order valence-corrected chi connectivity index (χ2v) is 8.72. The van der Waals surface area contributed by atoms with Gasteiger partial charge in [0.1, 0.15) is 17.2 Å². The maximum Gasteiger partial charge on any atom is 0.426 e. The predicted octanol–water partition coefficient (Wildman–Crippen LogP) is 5.77. The van der Waals surface area contributed by atoms with Crippen molar-refractivity contribution in [2.75, 3.05) is 11.4 Å². The topological polar surface area (TPSA) is 66.8 Å². The highest BCUT2D eigenvalue weighted by molar-refractivity contribution is 7.12. The number of alkyl halides is 3. The smallest absolute Gasteiger partial charge is 0.426 e. The van der Waals surface area contributed by atoms with Crippen molar-refractivity contribution in [3.63, 3.8) is 0 Å². The largest absolute Gasteiger partial charge is 0.488 e. The Hall–Kier alpha value is -3.33. The average molecular weight is 475 g/mol. The third kappa shape index (κ3) is 5.19. The summed E-state index contributed by atoms with van der Waals surface area (Å²) >= 11 is 0.667. The van der Waals surface area contributed by atoms with E-state index in [1.54, 1.807) is 53.4 Å². The summed E-state index contributed by atoms with van der Waals surface area (Å²) in [6.45, 7) is 0.443. The minimum atomic E-state index is -4.46. The molecule has 0 radical (unpaired) electrons. The number of thiophene rings is 1. The number of aliphatic carboxylic acids is 1. The average Bonchev–Trinajstić information content (AvgIpc) is 3.41. The molecule has 9 heteroatoms. The van der Waals surface area contributed by atoms with E-state index in [0.29, 0.717) is 46.2 Å². The van der Waals surface area contributed by atoms with E-state index in [2.05, 4.69) is 0 Å².